The Balaban J connectivity index is 1.77. The number of thioether (sulfide) groups is 2. The Morgan fingerprint density at radius 2 is 0.950 bits per heavy atom. The molecule has 0 heterocycles. The van der Waals surface area contributed by atoms with Crippen LogP contribution in [0.5, 0.6) is 0 Å². The molecular formula is C46H20F6N6S2. The molecule has 0 unspecified atom stereocenters. The van der Waals surface area contributed by atoms with Crippen LogP contribution in [0.15, 0.2) is 129 Å². The summed E-state index contributed by atoms with van der Waals surface area (Å²) >= 11 is -0.601. The van der Waals surface area contributed by atoms with E-state index in [-0.39, 0.29) is 57.6 Å². The third kappa shape index (κ3) is 7.75. The Morgan fingerprint density at radius 1 is 0.550 bits per heavy atom. The van der Waals surface area contributed by atoms with Crippen molar-refractivity contribution in [2.75, 3.05) is 0 Å². The second-order valence-corrected chi connectivity index (χ2v) is 15.4. The summed E-state index contributed by atoms with van der Waals surface area (Å²) in [5, 5.41) is 31.2. The van der Waals surface area contributed by atoms with Gasteiger partial charge in [0.2, 0.25) is 0 Å². The van der Waals surface area contributed by atoms with Gasteiger partial charge in [-0.05, 0) is 138 Å². The van der Waals surface area contributed by atoms with Crippen LogP contribution in [0.4, 0.5) is 32.0 Å². The Hall–Kier alpha value is -7.46. The van der Waals surface area contributed by atoms with Crippen molar-refractivity contribution in [3.63, 3.8) is 0 Å². The van der Waals surface area contributed by atoms with Crippen molar-refractivity contribution in [1.29, 1.82) is 15.8 Å². The molecule has 0 amide bonds. The zero-order valence-electron chi connectivity index (χ0n) is 30.4. The minimum atomic E-state index is -4.58. The van der Waals surface area contributed by atoms with Crippen LogP contribution in [0.2, 0.25) is 0 Å². The van der Waals surface area contributed by atoms with Crippen molar-refractivity contribution in [3.8, 4) is 40.5 Å². The van der Waals surface area contributed by atoms with Crippen LogP contribution < -0.4 is 10.4 Å². The number of benzene rings is 5. The molecule has 0 bridgehead atoms. The lowest BCUT2D eigenvalue weighted by Gasteiger charge is -2.18. The smallest absolute Gasteiger partial charge is 0.238 e. The SMILES string of the molecule is [C-]#[N+]C([N+]#[C-])=C1Cc2c(-c3ccc(SC(F)(F)F)cc3)c3c(c(-c4ccc(SC(F)(F)F)cc4)c2=C1c1ccc([N+]#[C-])cc1)CC(=C(C#N)C#N)C=3c1ccc(C#N)cc1. The van der Waals surface area contributed by atoms with Gasteiger partial charge in [0.05, 0.1) is 23.8 Å². The van der Waals surface area contributed by atoms with E-state index in [2.05, 4.69) is 20.6 Å². The molecule has 60 heavy (non-hydrogen) atoms. The quantitative estimate of drug-likeness (QED) is 0.0736. The summed E-state index contributed by atoms with van der Waals surface area (Å²) in [6.45, 7) is 23.6. The third-order valence-electron chi connectivity index (χ3n) is 9.87. The van der Waals surface area contributed by atoms with E-state index in [9.17, 15) is 42.1 Å². The Bertz CT molecular complexity index is 2840. The zero-order chi connectivity index (χ0) is 42.9. The lowest BCUT2D eigenvalue weighted by Crippen LogP contribution is -2.25. The van der Waals surface area contributed by atoms with Gasteiger partial charge >= 0.3 is 16.8 Å². The van der Waals surface area contributed by atoms with Crippen molar-refractivity contribution in [3.05, 3.63) is 192 Å². The summed E-state index contributed by atoms with van der Waals surface area (Å²) in [5.74, 6) is -0.269. The highest BCUT2D eigenvalue weighted by Gasteiger charge is 2.37. The van der Waals surface area contributed by atoms with Gasteiger partial charge in [-0.15, -0.1) is 0 Å². The maximum Gasteiger partial charge on any atom is 0.523 e. The maximum atomic E-state index is 13.5. The van der Waals surface area contributed by atoms with Gasteiger partial charge in [0.25, 0.3) is 0 Å². The average Bonchev–Trinajstić information content (AvgIpc) is 3.80. The zero-order valence-corrected chi connectivity index (χ0v) is 32.1. The molecule has 7 rings (SSSR count). The molecular weight excluding hydrogens is 815 g/mol. The van der Waals surface area contributed by atoms with Crippen molar-refractivity contribution >= 4 is 40.4 Å². The number of rotatable bonds is 6. The molecule has 5 aromatic carbocycles. The van der Waals surface area contributed by atoms with Gasteiger partial charge < -0.3 is 0 Å². The highest BCUT2D eigenvalue weighted by molar-refractivity contribution is 8.00. The van der Waals surface area contributed by atoms with E-state index >= 15 is 0 Å². The first-order valence-electron chi connectivity index (χ1n) is 17.4. The monoisotopic (exact) mass is 834 g/mol. The highest BCUT2D eigenvalue weighted by Crippen LogP contribution is 2.44. The predicted octanol–water partition coefficient (Wildman–Crippen LogP) is 11.6. The van der Waals surface area contributed by atoms with Crippen molar-refractivity contribution in [1.82, 2.24) is 0 Å². The minimum Gasteiger partial charge on any atom is -0.238 e. The first-order chi connectivity index (χ1) is 28.7. The molecule has 0 aliphatic heterocycles. The van der Waals surface area contributed by atoms with Gasteiger partial charge in [-0.2, -0.15) is 51.8 Å². The van der Waals surface area contributed by atoms with E-state index in [0.717, 1.165) is 0 Å². The number of halogens is 6. The minimum absolute atomic E-state index is 0.0466. The molecule has 0 radical (unpaired) electrons. The molecule has 0 N–H and O–H groups in total. The van der Waals surface area contributed by atoms with Crippen molar-refractivity contribution in [2.45, 2.75) is 33.6 Å². The fourth-order valence-corrected chi connectivity index (χ4v) is 8.73. The van der Waals surface area contributed by atoms with E-state index in [1.54, 1.807) is 48.5 Å². The first-order valence-corrected chi connectivity index (χ1v) is 19.0. The van der Waals surface area contributed by atoms with E-state index in [1.807, 2.05) is 12.1 Å². The third-order valence-corrected chi connectivity index (χ3v) is 11.3. The van der Waals surface area contributed by atoms with E-state index in [0.29, 0.717) is 88.5 Å². The molecule has 0 fully saturated rings. The van der Waals surface area contributed by atoms with Crippen LogP contribution in [0.25, 0.3) is 47.9 Å². The second kappa shape index (κ2) is 16.1. The fourth-order valence-electron chi connectivity index (χ4n) is 7.65. The van der Waals surface area contributed by atoms with Crippen molar-refractivity contribution in [2.24, 2.45) is 0 Å². The van der Waals surface area contributed by atoms with Crippen LogP contribution in [0.1, 0.15) is 27.8 Å². The standard InChI is InChI=1S/C46H20F6N6S2/c1-56-31-14-8-27(9-15-31)41-37(44(57-2)58-3)21-36-40(29-12-18-33(19-13-29)60-46(50,51)52)42-35(39(43(36)41)28-10-16-32(17-11-28)59-45(47,48)49)20-34(30(23-54)24-55)38(42)26-6-4-25(22-53)5-7-26/h4-19H,20-21H2. The highest BCUT2D eigenvalue weighted by atomic mass is 32.2. The van der Waals surface area contributed by atoms with Crippen LogP contribution in [0, 0.1) is 53.7 Å². The fraction of sp³-hybridized carbons (Fsp3) is 0.0870. The van der Waals surface area contributed by atoms with Gasteiger partial charge in [0, 0.05) is 16.2 Å². The topological polar surface area (TPSA) is 84.5 Å². The molecule has 0 saturated carbocycles. The van der Waals surface area contributed by atoms with Crippen LogP contribution >= 0.6 is 23.5 Å². The molecule has 5 aromatic rings. The largest absolute Gasteiger partial charge is 0.523 e. The molecule has 2 aliphatic rings. The lowest BCUT2D eigenvalue weighted by atomic mass is 9.86. The lowest BCUT2D eigenvalue weighted by molar-refractivity contribution is -0.0337. The van der Waals surface area contributed by atoms with Crippen LogP contribution in [0.3, 0.4) is 0 Å². The first kappa shape index (κ1) is 40.7. The molecule has 14 heteroatoms. The van der Waals surface area contributed by atoms with Crippen LogP contribution in [-0.4, -0.2) is 11.0 Å². The summed E-state index contributed by atoms with van der Waals surface area (Å²) in [6.07, 6.45) is -0.103. The average molecular weight is 835 g/mol. The molecule has 0 saturated heterocycles. The number of nitrogens with zero attached hydrogens (tertiary/aromatic N) is 6. The summed E-state index contributed by atoms with van der Waals surface area (Å²) in [5.41, 5.74) is -3.45. The molecule has 6 nitrogen and oxygen atoms in total. The molecule has 288 valence electrons. The van der Waals surface area contributed by atoms with Crippen molar-refractivity contribution < 1.29 is 26.3 Å². The molecule has 0 atom stereocenters. The summed E-state index contributed by atoms with van der Waals surface area (Å²) in [4.78, 5) is 10.4. The van der Waals surface area contributed by atoms with E-state index < -0.39 is 11.0 Å². The Labute approximate surface area is 347 Å². The van der Waals surface area contributed by atoms with Crippen LogP contribution in [-0.2, 0) is 12.8 Å². The van der Waals surface area contributed by atoms with Gasteiger partial charge in [-0.1, -0.05) is 60.7 Å². The molecule has 0 spiro atoms. The van der Waals surface area contributed by atoms with Gasteiger partial charge in [-0.3, -0.25) is 0 Å². The normalized spacial score (nSPS) is 12.9. The summed E-state index contributed by atoms with van der Waals surface area (Å²) in [6, 6.07) is 30.2. The maximum absolute atomic E-state index is 13.5. The predicted molar refractivity (Wildman–Crippen MR) is 215 cm³/mol. The number of allylic oxidation sites excluding steroid dienone is 3. The Kier molecular flexibility index (Phi) is 10.9. The number of nitriles is 3. The van der Waals surface area contributed by atoms with Gasteiger partial charge in [0.1, 0.15) is 30.9 Å². The number of hydrogen-bond donors (Lipinski definition) is 0. The summed E-state index contributed by atoms with van der Waals surface area (Å²) < 4.78 is 81.0. The second-order valence-electron chi connectivity index (χ2n) is 13.2. The van der Waals surface area contributed by atoms with Gasteiger partial charge in [-0.25, -0.2) is 4.85 Å². The van der Waals surface area contributed by atoms with Gasteiger partial charge in [0.15, 0.2) is 5.69 Å². The molecule has 0 aromatic heterocycles. The number of alkyl halides is 6. The number of hydrogen-bond acceptors (Lipinski definition) is 5. The summed E-state index contributed by atoms with van der Waals surface area (Å²) in [7, 11) is 0. The molecule has 2 aliphatic carbocycles. The van der Waals surface area contributed by atoms with E-state index in [4.69, 9.17) is 19.7 Å². The number of fused-ring (bicyclic) bond motifs is 2. The van der Waals surface area contributed by atoms with E-state index in [1.165, 1.54) is 48.5 Å². The Morgan fingerprint density at radius 3 is 1.33 bits per heavy atom.